The highest BCUT2D eigenvalue weighted by Gasteiger charge is 2.17. The molecular weight excluding hydrogens is 242 g/mol. The van der Waals surface area contributed by atoms with Crippen LogP contribution in [0.15, 0.2) is 35.7 Å². The zero-order chi connectivity index (χ0) is 12.5. The van der Waals surface area contributed by atoms with Gasteiger partial charge in [-0.25, -0.2) is 4.98 Å². The molecule has 1 aromatic heterocycles. The van der Waals surface area contributed by atoms with Crippen molar-refractivity contribution in [2.75, 3.05) is 4.72 Å². The molecule has 17 heavy (non-hydrogen) atoms. The van der Waals surface area contributed by atoms with Gasteiger partial charge in [-0.15, -0.1) is 0 Å². The van der Waals surface area contributed by atoms with Crippen molar-refractivity contribution < 1.29 is 13.5 Å². The highest BCUT2D eigenvalue weighted by Crippen LogP contribution is 2.26. The molecule has 0 bridgehead atoms. The summed E-state index contributed by atoms with van der Waals surface area (Å²) in [6.07, 6.45) is 2.46. The Hall–Kier alpha value is -2.02. The highest BCUT2D eigenvalue weighted by atomic mass is 32.2. The van der Waals surface area contributed by atoms with Gasteiger partial charge >= 0.3 is 0 Å². The van der Waals surface area contributed by atoms with Gasteiger partial charge in [0, 0.05) is 0 Å². The molecule has 0 fully saturated rings. The number of nitrogens with zero attached hydrogens (tertiary/aromatic N) is 1. The number of imidazole rings is 1. The third-order valence-corrected chi connectivity index (χ3v) is 3.45. The molecule has 0 spiro atoms. The highest BCUT2D eigenvalue weighted by molar-refractivity contribution is 7.92. The number of nitrogens with one attached hydrogen (secondary N) is 2. The van der Waals surface area contributed by atoms with Gasteiger partial charge in [-0.05, 0) is 24.6 Å². The molecule has 0 radical (unpaired) electrons. The van der Waals surface area contributed by atoms with Crippen molar-refractivity contribution in [3.8, 4) is 5.75 Å². The predicted molar refractivity (Wildman–Crippen MR) is 62.2 cm³/mol. The van der Waals surface area contributed by atoms with E-state index in [1.165, 1.54) is 18.6 Å². The molecule has 0 aliphatic rings. The fraction of sp³-hybridized carbons (Fsp3) is 0.100. The molecule has 6 nitrogen and oxygen atoms in total. The summed E-state index contributed by atoms with van der Waals surface area (Å²) in [5.41, 5.74) is 0.977. The SMILES string of the molecule is Cc1ccc(O)c(NS(=O)(=O)c2cnc[nH]2)c1. The van der Waals surface area contributed by atoms with E-state index in [9.17, 15) is 13.5 Å². The number of phenols is 1. The molecule has 0 amide bonds. The van der Waals surface area contributed by atoms with Crippen molar-refractivity contribution >= 4 is 15.7 Å². The van der Waals surface area contributed by atoms with Crippen LogP contribution in [-0.2, 0) is 10.0 Å². The van der Waals surface area contributed by atoms with Crippen molar-refractivity contribution in [1.29, 1.82) is 0 Å². The number of aryl methyl sites for hydroxylation is 1. The van der Waals surface area contributed by atoms with Crippen molar-refractivity contribution in [3.63, 3.8) is 0 Å². The standard InChI is InChI=1S/C10H11N3O3S/c1-7-2-3-9(14)8(4-7)13-17(15,16)10-5-11-6-12-10/h2-6,13-14H,1H3,(H,11,12). The van der Waals surface area contributed by atoms with Crippen LogP contribution in [-0.4, -0.2) is 23.5 Å². The van der Waals surface area contributed by atoms with Crippen LogP contribution in [0.25, 0.3) is 0 Å². The Morgan fingerprint density at radius 1 is 1.41 bits per heavy atom. The summed E-state index contributed by atoms with van der Waals surface area (Å²) in [5, 5.41) is 9.49. The number of anilines is 1. The molecule has 3 N–H and O–H groups in total. The first kappa shape index (κ1) is 11.5. The fourth-order valence-electron chi connectivity index (χ4n) is 1.32. The lowest BCUT2D eigenvalue weighted by Crippen LogP contribution is -2.13. The summed E-state index contributed by atoms with van der Waals surface area (Å²) in [4.78, 5) is 6.12. The van der Waals surface area contributed by atoms with Gasteiger partial charge in [-0.2, -0.15) is 8.42 Å². The Kier molecular flexibility index (Phi) is 2.76. The number of phenolic OH excluding ortho intramolecular Hbond substituents is 1. The minimum Gasteiger partial charge on any atom is -0.506 e. The zero-order valence-corrected chi connectivity index (χ0v) is 9.82. The number of benzene rings is 1. The van der Waals surface area contributed by atoms with Gasteiger partial charge in [-0.3, -0.25) is 4.72 Å². The molecular formula is C10H11N3O3S. The summed E-state index contributed by atoms with van der Waals surface area (Å²) < 4.78 is 25.9. The first-order chi connectivity index (χ1) is 7.99. The Morgan fingerprint density at radius 2 is 2.18 bits per heavy atom. The van der Waals surface area contributed by atoms with Crippen molar-refractivity contribution in [1.82, 2.24) is 9.97 Å². The van der Waals surface area contributed by atoms with Crippen LogP contribution in [0.5, 0.6) is 5.75 Å². The molecule has 0 aliphatic heterocycles. The van der Waals surface area contributed by atoms with E-state index in [0.717, 1.165) is 5.56 Å². The smallest absolute Gasteiger partial charge is 0.279 e. The minimum absolute atomic E-state index is 0.0570. The third-order valence-electron chi connectivity index (χ3n) is 2.16. The average molecular weight is 253 g/mol. The fourth-order valence-corrected chi connectivity index (χ4v) is 2.29. The number of aromatic amines is 1. The Labute approximate surface area is 98.4 Å². The van der Waals surface area contributed by atoms with Crippen LogP contribution in [0, 0.1) is 6.92 Å². The maximum atomic E-state index is 11.8. The second kappa shape index (κ2) is 4.10. The summed E-state index contributed by atoms with van der Waals surface area (Å²) in [6.45, 7) is 1.80. The number of rotatable bonds is 3. The number of aromatic hydroxyl groups is 1. The second-order valence-electron chi connectivity index (χ2n) is 3.54. The van der Waals surface area contributed by atoms with Crippen LogP contribution < -0.4 is 4.72 Å². The first-order valence-corrected chi connectivity index (χ1v) is 6.28. The minimum atomic E-state index is -3.74. The monoisotopic (exact) mass is 253 g/mol. The number of hydrogen-bond acceptors (Lipinski definition) is 4. The van der Waals surface area contributed by atoms with Crippen molar-refractivity contribution in [2.45, 2.75) is 11.9 Å². The van der Waals surface area contributed by atoms with E-state index in [1.807, 2.05) is 0 Å². The summed E-state index contributed by atoms with van der Waals surface area (Å²) in [6, 6.07) is 4.66. The summed E-state index contributed by atoms with van der Waals surface area (Å²) in [5.74, 6) is -0.126. The quantitative estimate of drug-likeness (QED) is 0.717. The lowest BCUT2D eigenvalue weighted by molar-refractivity contribution is 0.477. The number of hydrogen-bond donors (Lipinski definition) is 3. The van der Waals surface area contributed by atoms with E-state index in [4.69, 9.17) is 0 Å². The van der Waals surface area contributed by atoms with Crippen LogP contribution in [0.3, 0.4) is 0 Å². The van der Waals surface area contributed by atoms with E-state index in [0.29, 0.717) is 0 Å². The molecule has 0 aliphatic carbocycles. The summed E-state index contributed by atoms with van der Waals surface area (Å²) >= 11 is 0. The molecule has 7 heteroatoms. The molecule has 2 rings (SSSR count). The Morgan fingerprint density at radius 3 is 2.82 bits per heavy atom. The lowest BCUT2D eigenvalue weighted by atomic mass is 10.2. The van der Waals surface area contributed by atoms with E-state index >= 15 is 0 Å². The molecule has 0 atom stereocenters. The van der Waals surface area contributed by atoms with E-state index < -0.39 is 10.0 Å². The molecule has 90 valence electrons. The van der Waals surface area contributed by atoms with Gasteiger partial charge in [0.05, 0.1) is 18.2 Å². The van der Waals surface area contributed by atoms with E-state index in [-0.39, 0.29) is 16.5 Å². The van der Waals surface area contributed by atoms with E-state index in [2.05, 4.69) is 14.7 Å². The Balaban J connectivity index is 2.36. The molecule has 2 aromatic rings. The molecule has 0 saturated heterocycles. The van der Waals surface area contributed by atoms with E-state index in [1.54, 1.807) is 19.1 Å². The lowest BCUT2D eigenvalue weighted by Gasteiger charge is -2.08. The summed E-state index contributed by atoms with van der Waals surface area (Å²) in [7, 11) is -3.74. The van der Waals surface area contributed by atoms with Crippen LogP contribution in [0.2, 0.25) is 0 Å². The number of H-pyrrole nitrogens is 1. The topological polar surface area (TPSA) is 95.1 Å². The first-order valence-electron chi connectivity index (χ1n) is 4.80. The number of sulfonamides is 1. The zero-order valence-electron chi connectivity index (χ0n) is 9.01. The van der Waals surface area contributed by atoms with Crippen LogP contribution in [0.4, 0.5) is 5.69 Å². The Bertz CT molecular complexity index is 620. The maximum Gasteiger partial charge on any atom is 0.279 e. The largest absolute Gasteiger partial charge is 0.506 e. The second-order valence-corrected chi connectivity index (χ2v) is 5.19. The van der Waals surface area contributed by atoms with Gasteiger partial charge in [0.1, 0.15) is 5.75 Å². The van der Waals surface area contributed by atoms with Crippen molar-refractivity contribution in [3.05, 3.63) is 36.3 Å². The molecule has 1 aromatic carbocycles. The van der Waals surface area contributed by atoms with Gasteiger partial charge in [0.2, 0.25) is 0 Å². The van der Waals surface area contributed by atoms with Gasteiger partial charge in [0.25, 0.3) is 10.0 Å². The normalized spacial score (nSPS) is 11.4. The van der Waals surface area contributed by atoms with Gasteiger partial charge < -0.3 is 10.1 Å². The molecule has 0 unspecified atom stereocenters. The van der Waals surface area contributed by atoms with Crippen molar-refractivity contribution in [2.24, 2.45) is 0 Å². The van der Waals surface area contributed by atoms with Gasteiger partial charge in [0.15, 0.2) is 5.03 Å². The van der Waals surface area contributed by atoms with Crippen LogP contribution >= 0.6 is 0 Å². The van der Waals surface area contributed by atoms with Gasteiger partial charge in [-0.1, -0.05) is 6.07 Å². The molecule has 1 heterocycles. The van der Waals surface area contributed by atoms with Crippen LogP contribution in [0.1, 0.15) is 5.56 Å². The predicted octanol–water partition coefficient (Wildman–Crippen LogP) is 1.22. The third kappa shape index (κ3) is 2.39. The molecule has 0 saturated carbocycles. The maximum absolute atomic E-state index is 11.8. The number of aromatic nitrogens is 2. The average Bonchev–Trinajstić information content (AvgIpc) is 2.77.